The molecule has 190 valence electrons. The van der Waals surface area contributed by atoms with Crippen LogP contribution in [0.3, 0.4) is 0 Å². The molecule has 5 rings (SSSR count). The Morgan fingerprint density at radius 3 is 2.37 bits per heavy atom. The SMILES string of the molecule is N=C(c1nnc(C(F)F)s1)n1cc(S(=O)NC2(C(F)F)CC2)cc(N2CCC3(CC2)COC3)c1=N. The Morgan fingerprint density at radius 2 is 1.86 bits per heavy atom. The zero-order valence-electron chi connectivity index (χ0n) is 18.4. The van der Waals surface area contributed by atoms with Gasteiger partial charge in [0.05, 0.1) is 29.3 Å². The minimum Gasteiger partial charge on any atom is -0.380 e. The molecule has 3 N–H and O–H groups in total. The Bertz CT molecular complexity index is 1220. The molecule has 3 fully saturated rings. The summed E-state index contributed by atoms with van der Waals surface area (Å²) in [6.07, 6.45) is -2.28. The van der Waals surface area contributed by atoms with Gasteiger partial charge in [0.15, 0.2) is 21.3 Å². The molecule has 4 heterocycles. The highest BCUT2D eigenvalue weighted by Gasteiger charge is 2.52. The number of ether oxygens (including phenoxy) is 1. The van der Waals surface area contributed by atoms with Crippen molar-refractivity contribution in [1.29, 1.82) is 10.8 Å². The first-order valence-corrected chi connectivity index (χ1v) is 12.9. The van der Waals surface area contributed by atoms with Gasteiger partial charge in [-0.05, 0) is 31.7 Å². The maximum Gasteiger partial charge on any atom is 0.291 e. The van der Waals surface area contributed by atoms with Crippen molar-refractivity contribution < 1.29 is 26.5 Å². The van der Waals surface area contributed by atoms with E-state index in [9.17, 15) is 21.8 Å². The van der Waals surface area contributed by atoms with Gasteiger partial charge in [-0.15, -0.1) is 10.2 Å². The number of anilines is 1. The van der Waals surface area contributed by atoms with Gasteiger partial charge in [-0.2, -0.15) is 0 Å². The van der Waals surface area contributed by atoms with Crippen molar-refractivity contribution in [2.45, 2.75) is 49.0 Å². The topological polar surface area (TPSA) is 120 Å². The fourth-order valence-corrected chi connectivity index (χ4v) is 6.09. The van der Waals surface area contributed by atoms with Crippen LogP contribution in [0.25, 0.3) is 0 Å². The lowest BCUT2D eigenvalue weighted by Gasteiger charge is -2.47. The van der Waals surface area contributed by atoms with Gasteiger partial charge >= 0.3 is 0 Å². The van der Waals surface area contributed by atoms with Gasteiger partial charge in [-0.25, -0.2) is 26.5 Å². The van der Waals surface area contributed by atoms with E-state index in [0.717, 1.165) is 17.4 Å². The summed E-state index contributed by atoms with van der Waals surface area (Å²) < 4.78 is 74.9. The van der Waals surface area contributed by atoms with Gasteiger partial charge in [-0.1, -0.05) is 11.3 Å². The van der Waals surface area contributed by atoms with Crippen LogP contribution in [-0.4, -0.2) is 63.1 Å². The van der Waals surface area contributed by atoms with Crippen molar-refractivity contribution in [3.8, 4) is 0 Å². The van der Waals surface area contributed by atoms with Gasteiger partial charge in [0.1, 0.15) is 11.0 Å². The molecule has 0 aromatic carbocycles. The quantitative estimate of drug-likeness (QED) is 0.287. The van der Waals surface area contributed by atoms with Crippen LogP contribution in [0, 0.1) is 16.2 Å². The number of hydrogen-bond donors (Lipinski definition) is 3. The number of nitrogens with zero attached hydrogens (tertiary/aromatic N) is 4. The van der Waals surface area contributed by atoms with E-state index in [0.29, 0.717) is 43.3 Å². The van der Waals surface area contributed by atoms with Crippen LogP contribution in [-0.2, 0) is 15.7 Å². The Morgan fingerprint density at radius 1 is 1.17 bits per heavy atom. The number of alkyl halides is 4. The van der Waals surface area contributed by atoms with E-state index >= 15 is 0 Å². The summed E-state index contributed by atoms with van der Waals surface area (Å²) in [6.45, 7) is 2.57. The molecule has 1 atom stereocenters. The molecule has 0 radical (unpaired) electrons. The van der Waals surface area contributed by atoms with Crippen LogP contribution in [0.1, 0.15) is 42.1 Å². The first kappa shape index (κ1) is 24.5. The van der Waals surface area contributed by atoms with E-state index in [4.69, 9.17) is 15.6 Å². The third-order valence-electron chi connectivity index (χ3n) is 6.79. The van der Waals surface area contributed by atoms with E-state index < -0.39 is 40.2 Å². The van der Waals surface area contributed by atoms with E-state index in [1.54, 1.807) is 0 Å². The van der Waals surface area contributed by atoms with Crippen LogP contribution in [0.15, 0.2) is 17.2 Å². The zero-order chi connectivity index (χ0) is 25.0. The van der Waals surface area contributed by atoms with E-state index in [2.05, 4.69) is 14.9 Å². The summed E-state index contributed by atoms with van der Waals surface area (Å²) in [5.74, 6) is -0.393. The minimum absolute atomic E-state index is 0.0959. The molecule has 1 unspecified atom stereocenters. The highest BCUT2D eigenvalue weighted by atomic mass is 32.2. The predicted molar refractivity (Wildman–Crippen MR) is 120 cm³/mol. The molecule has 0 amide bonds. The first-order chi connectivity index (χ1) is 16.6. The monoisotopic (exact) mass is 533 g/mol. The molecule has 15 heteroatoms. The van der Waals surface area contributed by atoms with Crippen molar-refractivity contribution in [1.82, 2.24) is 19.5 Å². The third kappa shape index (κ3) is 4.54. The largest absolute Gasteiger partial charge is 0.380 e. The Kier molecular flexibility index (Phi) is 6.30. The highest BCUT2D eigenvalue weighted by Crippen LogP contribution is 2.42. The van der Waals surface area contributed by atoms with Crippen molar-refractivity contribution >= 4 is 33.8 Å². The molecule has 2 aromatic heterocycles. The van der Waals surface area contributed by atoms with Crippen molar-refractivity contribution in [2.75, 3.05) is 31.2 Å². The van der Waals surface area contributed by atoms with Gasteiger partial charge in [-0.3, -0.25) is 15.4 Å². The molecule has 1 saturated carbocycles. The summed E-state index contributed by atoms with van der Waals surface area (Å²) in [4.78, 5) is 2.03. The lowest BCUT2D eigenvalue weighted by molar-refractivity contribution is -0.124. The van der Waals surface area contributed by atoms with E-state index in [1.165, 1.54) is 12.3 Å². The van der Waals surface area contributed by atoms with Gasteiger partial charge in [0.25, 0.3) is 12.9 Å². The molecule has 9 nitrogen and oxygen atoms in total. The van der Waals surface area contributed by atoms with Gasteiger partial charge < -0.3 is 9.64 Å². The average molecular weight is 534 g/mol. The summed E-state index contributed by atoms with van der Waals surface area (Å²) in [7, 11) is -2.06. The van der Waals surface area contributed by atoms with Gasteiger partial charge in [0, 0.05) is 24.7 Å². The Labute approximate surface area is 204 Å². The fourth-order valence-electron chi connectivity index (χ4n) is 4.24. The molecule has 2 aromatic rings. The van der Waals surface area contributed by atoms with Crippen LogP contribution in [0.4, 0.5) is 23.2 Å². The lowest BCUT2D eigenvalue weighted by Crippen LogP contribution is -2.52. The summed E-state index contributed by atoms with van der Waals surface area (Å²) in [6, 6.07) is 1.51. The van der Waals surface area contributed by atoms with Gasteiger partial charge in [0.2, 0.25) is 0 Å². The van der Waals surface area contributed by atoms with Crippen LogP contribution >= 0.6 is 11.3 Å². The fraction of sp³-hybridized carbons (Fsp3) is 0.600. The smallest absolute Gasteiger partial charge is 0.291 e. The number of rotatable bonds is 7. The van der Waals surface area contributed by atoms with Crippen LogP contribution < -0.4 is 15.1 Å². The first-order valence-electron chi connectivity index (χ1n) is 11.0. The number of hydrogen-bond acceptors (Lipinski definition) is 8. The molecular formula is C20H23F4N7O2S2. The second-order valence-corrected chi connectivity index (χ2v) is 11.4. The second-order valence-electron chi connectivity index (χ2n) is 9.18. The predicted octanol–water partition coefficient (Wildman–Crippen LogP) is 2.66. The molecule has 0 bridgehead atoms. The van der Waals surface area contributed by atoms with Crippen molar-refractivity contribution in [3.63, 3.8) is 0 Å². The van der Waals surface area contributed by atoms with Crippen LogP contribution in [0.2, 0.25) is 0 Å². The molecule has 35 heavy (non-hydrogen) atoms. The molecular weight excluding hydrogens is 510 g/mol. The summed E-state index contributed by atoms with van der Waals surface area (Å²) in [5.41, 5.74) is -1.15. The Balaban J connectivity index is 1.50. The Hall–Kier alpha value is -2.23. The van der Waals surface area contributed by atoms with Crippen molar-refractivity contribution in [2.24, 2.45) is 5.41 Å². The number of pyridine rings is 1. The average Bonchev–Trinajstić information content (AvgIpc) is 3.42. The normalized spacial score (nSPS) is 21.4. The second kappa shape index (κ2) is 9.01. The molecule has 1 aliphatic carbocycles. The maximum absolute atomic E-state index is 13.4. The number of aromatic nitrogens is 3. The highest BCUT2D eigenvalue weighted by molar-refractivity contribution is 7.83. The molecule has 3 aliphatic rings. The number of nitrogens with one attached hydrogen (secondary N) is 3. The molecule has 2 aliphatic heterocycles. The number of halogens is 4. The van der Waals surface area contributed by atoms with E-state index in [1.807, 2.05) is 4.90 Å². The summed E-state index contributed by atoms with van der Waals surface area (Å²) in [5, 5.41) is 23.6. The number of piperidine rings is 1. The maximum atomic E-state index is 13.4. The minimum atomic E-state index is -2.85. The lowest BCUT2D eigenvalue weighted by atomic mass is 9.77. The molecule has 1 spiro atoms. The summed E-state index contributed by atoms with van der Waals surface area (Å²) >= 11 is 0.523. The van der Waals surface area contributed by atoms with Crippen LogP contribution in [0.5, 0.6) is 0 Å². The third-order valence-corrected chi connectivity index (χ3v) is 8.97. The molecule has 2 saturated heterocycles. The van der Waals surface area contributed by atoms with E-state index in [-0.39, 0.29) is 33.6 Å². The van der Waals surface area contributed by atoms with Crippen molar-refractivity contribution in [3.05, 3.63) is 27.8 Å². The standard InChI is InChI=1S/C20H23F4N7O2S2/c21-13(22)16-27-28-17(34-16)15(26)31-8-11(35(32)29-20(1-2-20)18(23)24)7-12(14(31)25)30-5-3-19(4-6-30)9-33-10-19/h7-8,13,18,25-26,29H,1-6,9-10H2. The zero-order valence-corrected chi connectivity index (χ0v) is 20.0.